The molecule has 3 heteroatoms. The zero-order valence-electron chi connectivity index (χ0n) is 7.96. The van der Waals surface area contributed by atoms with E-state index >= 15 is 0 Å². The third kappa shape index (κ3) is 1.73. The molecule has 0 unspecified atom stereocenters. The fourth-order valence-corrected chi connectivity index (χ4v) is 2.30. The van der Waals surface area contributed by atoms with Gasteiger partial charge in [-0.15, -0.1) is 0 Å². The molecular weight excluding hydrogens is 184 g/mol. The lowest BCUT2D eigenvalue weighted by atomic mass is 10.3. The van der Waals surface area contributed by atoms with Crippen LogP contribution in [-0.4, -0.2) is 9.78 Å². The van der Waals surface area contributed by atoms with Crippen molar-refractivity contribution in [2.45, 2.75) is 45.1 Å². The molecule has 1 aliphatic carbocycles. The first-order valence-corrected chi connectivity index (χ1v) is 5.43. The summed E-state index contributed by atoms with van der Waals surface area (Å²) in [5.41, 5.74) is 1.11. The molecule has 13 heavy (non-hydrogen) atoms. The molecule has 0 atom stereocenters. The highest BCUT2D eigenvalue weighted by atomic mass is 35.5. The summed E-state index contributed by atoms with van der Waals surface area (Å²) in [6, 6.07) is 2.55. The maximum absolute atomic E-state index is 6.10. The lowest BCUT2D eigenvalue weighted by Crippen LogP contribution is -2.06. The molecule has 72 valence electrons. The second kappa shape index (κ2) is 3.70. The Morgan fingerprint density at radius 3 is 2.77 bits per heavy atom. The largest absolute Gasteiger partial charge is 0.251 e. The Morgan fingerprint density at radius 2 is 2.23 bits per heavy atom. The van der Waals surface area contributed by atoms with Gasteiger partial charge in [0, 0.05) is 0 Å². The van der Waals surface area contributed by atoms with Gasteiger partial charge in [-0.2, -0.15) is 5.10 Å². The second-order valence-electron chi connectivity index (χ2n) is 3.69. The lowest BCUT2D eigenvalue weighted by molar-refractivity contribution is 0.464. The van der Waals surface area contributed by atoms with Gasteiger partial charge in [0.2, 0.25) is 0 Å². The quantitative estimate of drug-likeness (QED) is 0.714. The molecule has 0 amide bonds. The van der Waals surface area contributed by atoms with Gasteiger partial charge in [0.15, 0.2) is 0 Å². The standard InChI is InChI=1S/C10H15ClN2/c1-2-8-7-10(11)13(12-8)9-5-3-4-6-9/h7,9H,2-6H2,1H3. The Bertz CT molecular complexity index is 287. The van der Waals surface area contributed by atoms with Gasteiger partial charge in [0.05, 0.1) is 11.7 Å². The number of hydrogen-bond acceptors (Lipinski definition) is 1. The molecule has 2 rings (SSSR count). The van der Waals surface area contributed by atoms with Crippen LogP contribution < -0.4 is 0 Å². The third-order valence-corrected chi connectivity index (χ3v) is 3.06. The molecule has 2 nitrogen and oxygen atoms in total. The van der Waals surface area contributed by atoms with Crippen molar-refractivity contribution in [1.82, 2.24) is 9.78 Å². The normalized spacial score (nSPS) is 18.3. The fraction of sp³-hybridized carbons (Fsp3) is 0.700. The first-order valence-electron chi connectivity index (χ1n) is 5.05. The Hall–Kier alpha value is -0.500. The zero-order valence-corrected chi connectivity index (χ0v) is 8.72. The Balaban J connectivity index is 2.22. The molecular formula is C10H15ClN2. The molecule has 1 aliphatic rings. The van der Waals surface area contributed by atoms with Gasteiger partial charge in [-0.05, 0) is 25.3 Å². The van der Waals surface area contributed by atoms with E-state index in [2.05, 4.69) is 12.0 Å². The van der Waals surface area contributed by atoms with Crippen molar-refractivity contribution in [1.29, 1.82) is 0 Å². The van der Waals surface area contributed by atoms with E-state index < -0.39 is 0 Å². The maximum atomic E-state index is 6.10. The van der Waals surface area contributed by atoms with Gasteiger partial charge in [-0.25, -0.2) is 0 Å². The molecule has 1 heterocycles. The number of halogens is 1. The smallest absolute Gasteiger partial charge is 0.127 e. The number of aryl methyl sites for hydroxylation is 1. The monoisotopic (exact) mass is 198 g/mol. The molecule has 0 bridgehead atoms. The molecule has 0 N–H and O–H groups in total. The van der Waals surface area contributed by atoms with Gasteiger partial charge < -0.3 is 0 Å². The minimum Gasteiger partial charge on any atom is -0.251 e. The van der Waals surface area contributed by atoms with Crippen LogP contribution in [0.2, 0.25) is 5.15 Å². The van der Waals surface area contributed by atoms with Crippen molar-refractivity contribution < 1.29 is 0 Å². The van der Waals surface area contributed by atoms with Crippen LogP contribution >= 0.6 is 11.6 Å². The van der Waals surface area contributed by atoms with Crippen LogP contribution in [0.25, 0.3) is 0 Å². The van der Waals surface area contributed by atoms with Crippen LogP contribution in [0.4, 0.5) is 0 Å². The van der Waals surface area contributed by atoms with Crippen LogP contribution in [0.15, 0.2) is 6.07 Å². The number of nitrogens with zero attached hydrogens (tertiary/aromatic N) is 2. The van der Waals surface area contributed by atoms with E-state index in [4.69, 9.17) is 11.6 Å². The van der Waals surface area contributed by atoms with Crippen LogP contribution in [0.3, 0.4) is 0 Å². The Kier molecular flexibility index (Phi) is 2.58. The minimum absolute atomic E-state index is 0.563. The summed E-state index contributed by atoms with van der Waals surface area (Å²) in [6.45, 7) is 2.11. The van der Waals surface area contributed by atoms with Crippen molar-refractivity contribution in [3.63, 3.8) is 0 Å². The van der Waals surface area contributed by atoms with Crippen molar-refractivity contribution in [3.05, 3.63) is 16.9 Å². The van der Waals surface area contributed by atoms with E-state index in [1.807, 2.05) is 10.7 Å². The third-order valence-electron chi connectivity index (χ3n) is 2.77. The van der Waals surface area contributed by atoms with Crippen LogP contribution in [0.5, 0.6) is 0 Å². The average molecular weight is 199 g/mol. The first kappa shape index (κ1) is 9.07. The molecule has 1 aromatic heterocycles. The highest BCUT2D eigenvalue weighted by Crippen LogP contribution is 2.31. The average Bonchev–Trinajstić information content (AvgIpc) is 2.72. The first-order chi connectivity index (χ1) is 6.31. The predicted molar refractivity (Wildman–Crippen MR) is 54.1 cm³/mol. The predicted octanol–water partition coefficient (Wildman–Crippen LogP) is 3.21. The highest BCUT2D eigenvalue weighted by Gasteiger charge is 2.19. The van der Waals surface area contributed by atoms with Gasteiger partial charge in [-0.1, -0.05) is 31.4 Å². The van der Waals surface area contributed by atoms with E-state index in [1.54, 1.807) is 0 Å². The van der Waals surface area contributed by atoms with Gasteiger partial charge in [0.1, 0.15) is 5.15 Å². The summed E-state index contributed by atoms with van der Waals surface area (Å²) >= 11 is 6.10. The minimum atomic E-state index is 0.563. The van der Waals surface area contributed by atoms with Gasteiger partial charge >= 0.3 is 0 Å². The molecule has 0 radical (unpaired) electrons. The number of hydrogen-bond donors (Lipinski definition) is 0. The topological polar surface area (TPSA) is 17.8 Å². The number of rotatable bonds is 2. The summed E-state index contributed by atoms with van der Waals surface area (Å²) in [7, 11) is 0. The Morgan fingerprint density at radius 1 is 1.54 bits per heavy atom. The summed E-state index contributed by atoms with van der Waals surface area (Å²) < 4.78 is 2.01. The Labute approximate surface area is 83.9 Å². The maximum Gasteiger partial charge on any atom is 0.127 e. The summed E-state index contributed by atoms with van der Waals surface area (Å²) in [5.74, 6) is 0. The van der Waals surface area contributed by atoms with Crippen molar-refractivity contribution >= 4 is 11.6 Å². The van der Waals surface area contributed by atoms with E-state index in [0.717, 1.165) is 17.3 Å². The van der Waals surface area contributed by atoms with E-state index in [1.165, 1.54) is 25.7 Å². The molecule has 1 aromatic rings. The zero-order chi connectivity index (χ0) is 9.26. The fourth-order valence-electron chi connectivity index (χ4n) is 2.00. The second-order valence-corrected chi connectivity index (χ2v) is 4.08. The number of aromatic nitrogens is 2. The van der Waals surface area contributed by atoms with Crippen LogP contribution in [0, 0.1) is 0 Å². The van der Waals surface area contributed by atoms with Crippen LogP contribution in [0.1, 0.15) is 44.3 Å². The molecule has 1 saturated carbocycles. The molecule has 0 spiro atoms. The molecule has 0 aliphatic heterocycles. The van der Waals surface area contributed by atoms with Gasteiger partial charge in [0.25, 0.3) is 0 Å². The van der Waals surface area contributed by atoms with Crippen molar-refractivity contribution in [3.8, 4) is 0 Å². The van der Waals surface area contributed by atoms with E-state index in [9.17, 15) is 0 Å². The summed E-state index contributed by atoms with van der Waals surface area (Å²) in [4.78, 5) is 0. The molecule has 1 fully saturated rings. The molecule has 0 saturated heterocycles. The van der Waals surface area contributed by atoms with E-state index in [0.29, 0.717) is 6.04 Å². The van der Waals surface area contributed by atoms with Gasteiger partial charge in [-0.3, -0.25) is 4.68 Å². The highest BCUT2D eigenvalue weighted by molar-refractivity contribution is 6.29. The lowest BCUT2D eigenvalue weighted by Gasteiger charge is -2.10. The van der Waals surface area contributed by atoms with Crippen molar-refractivity contribution in [2.24, 2.45) is 0 Å². The van der Waals surface area contributed by atoms with Crippen LogP contribution in [-0.2, 0) is 6.42 Å². The summed E-state index contributed by atoms with van der Waals surface area (Å²) in [6.07, 6.45) is 6.10. The molecule has 0 aromatic carbocycles. The van der Waals surface area contributed by atoms with Crippen molar-refractivity contribution in [2.75, 3.05) is 0 Å². The summed E-state index contributed by atoms with van der Waals surface area (Å²) in [5, 5.41) is 5.30. The SMILES string of the molecule is CCc1cc(Cl)n(C2CCCC2)n1. The van der Waals surface area contributed by atoms with E-state index in [-0.39, 0.29) is 0 Å².